The van der Waals surface area contributed by atoms with E-state index in [-0.39, 0.29) is 11.3 Å². The summed E-state index contributed by atoms with van der Waals surface area (Å²) in [6.07, 6.45) is 1.04. The van der Waals surface area contributed by atoms with E-state index in [1.807, 2.05) is 0 Å². The van der Waals surface area contributed by atoms with Crippen molar-refractivity contribution in [1.82, 2.24) is 0 Å². The van der Waals surface area contributed by atoms with Crippen molar-refractivity contribution >= 4 is 21.4 Å². The molecule has 0 saturated carbocycles. The van der Waals surface area contributed by atoms with E-state index in [4.69, 9.17) is 5.73 Å². The maximum atomic E-state index is 14.0. The topological polar surface area (TPSA) is 89.3 Å². The van der Waals surface area contributed by atoms with E-state index in [0.717, 1.165) is 12.3 Å². The summed E-state index contributed by atoms with van der Waals surface area (Å²) in [7, 11) is -3.33. The molecule has 1 atom stereocenters. The van der Waals surface area contributed by atoms with E-state index in [0.29, 0.717) is 11.3 Å². The molecule has 1 amide bonds. The number of amides is 1. The fraction of sp³-hybridized carbons (Fsp3) is 0.188. The van der Waals surface area contributed by atoms with Gasteiger partial charge in [0.1, 0.15) is 11.9 Å². The van der Waals surface area contributed by atoms with Crippen molar-refractivity contribution in [2.24, 2.45) is 5.73 Å². The highest BCUT2D eigenvalue weighted by molar-refractivity contribution is 7.89. The van der Waals surface area contributed by atoms with Crippen LogP contribution >= 0.6 is 0 Å². The average Bonchev–Trinajstić information content (AvgIpc) is 2.47. The number of sulfone groups is 1. The molecule has 0 spiro atoms. The Bertz CT molecular complexity index is 807. The number of hydrogen-bond acceptors (Lipinski definition) is 4. The van der Waals surface area contributed by atoms with Crippen LogP contribution in [0.2, 0.25) is 0 Å². The van der Waals surface area contributed by atoms with Crippen LogP contribution in [0.4, 0.5) is 10.1 Å². The molecule has 0 fully saturated rings. The van der Waals surface area contributed by atoms with E-state index in [9.17, 15) is 17.6 Å². The Morgan fingerprint density at radius 1 is 1.22 bits per heavy atom. The molecule has 0 heterocycles. The predicted octanol–water partition coefficient (Wildman–Crippen LogP) is 2.01. The number of halogens is 1. The second-order valence-electron chi connectivity index (χ2n) is 5.27. The molecule has 0 radical (unpaired) electrons. The Hall–Kier alpha value is -2.41. The van der Waals surface area contributed by atoms with Gasteiger partial charge in [0.25, 0.3) is 0 Å². The molecular formula is C16H17FN2O3S. The first kappa shape index (κ1) is 17.0. The molecule has 0 bridgehead atoms. The third-order valence-corrected chi connectivity index (χ3v) is 4.03. The van der Waals surface area contributed by atoms with E-state index in [1.165, 1.54) is 12.1 Å². The molecule has 0 unspecified atom stereocenters. The fourth-order valence-electron chi connectivity index (χ4n) is 2.17. The van der Waals surface area contributed by atoms with Crippen molar-refractivity contribution in [2.75, 3.05) is 11.6 Å². The molecule has 122 valence electrons. The molecule has 5 nitrogen and oxygen atoms in total. The SMILES string of the molecule is CS(=O)(=O)Cc1ccc(N[C@H](C(N)=O)c2ccccc2)cc1F. The molecular weight excluding hydrogens is 319 g/mol. The molecule has 0 aliphatic heterocycles. The smallest absolute Gasteiger partial charge is 0.244 e. The summed E-state index contributed by atoms with van der Waals surface area (Å²) in [6.45, 7) is 0. The van der Waals surface area contributed by atoms with Crippen molar-refractivity contribution in [3.8, 4) is 0 Å². The maximum absolute atomic E-state index is 14.0. The van der Waals surface area contributed by atoms with E-state index < -0.39 is 27.6 Å². The van der Waals surface area contributed by atoms with E-state index in [2.05, 4.69) is 5.32 Å². The Morgan fingerprint density at radius 3 is 2.39 bits per heavy atom. The van der Waals surface area contributed by atoms with E-state index >= 15 is 0 Å². The minimum absolute atomic E-state index is 0.0772. The lowest BCUT2D eigenvalue weighted by Gasteiger charge is -2.17. The summed E-state index contributed by atoms with van der Waals surface area (Å²) in [6, 6.07) is 12.0. The van der Waals surface area contributed by atoms with Gasteiger partial charge < -0.3 is 11.1 Å². The minimum atomic E-state index is -3.33. The zero-order chi connectivity index (χ0) is 17.0. The summed E-state index contributed by atoms with van der Waals surface area (Å²) in [5.41, 5.74) is 6.46. The highest BCUT2D eigenvalue weighted by Gasteiger charge is 2.18. The lowest BCUT2D eigenvalue weighted by molar-refractivity contribution is -0.118. The largest absolute Gasteiger partial charge is 0.370 e. The van der Waals surface area contributed by atoms with Gasteiger partial charge in [0.15, 0.2) is 9.84 Å². The highest BCUT2D eigenvalue weighted by Crippen LogP contribution is 2.22. The minimum Gasteiger partial charge on any atom is -0.370 e. The fourth-order valence-corrected chi connectivity index (χ4v) is 2.97. The van der Waals surface area contributed by atoms with Crippen molar-refractivity contribution in [3.05, 3.63) is 65.5 Å². The van der Waals surface area contributed by atoms with Gasteiger partial charge in [0.05, 0.1) is 5.75 Å². The van der Waals surface area contributed by atoms with E-state index in [1.54, 1.807) is 30.3 Å². The number of nitrogens with two attached hydrogens (primary N) is 1. The number of nitrogens with one attached hydrogen (secondary N) is 1. The monoisotopic (exact) mass is 336 g/mol. The molecule has 2 rings (SSSR count). The summed E-state index contributed by atoms with van der Waals surface area (Å²) in [5, 5.41) is 2.86. The molecule has 2 aromatic carbocycles. The number of carbonyl (C=O) groups excluding carboxylic acids is 1. The quantitative estimate of drug-likeness (QED) is 0.844. The first-order chi connectivity index (χ1) is 10.8. The van der Waals surface area contributed by atoms with Crippen LogP contribution < -0.4 is 11.1 Å². The molecule has 0 aliphatic carbocycles. The van der Waals surface area contributed by atoms with Crippen LogP contribution in [0.1, 0.15) is 17.2 Å². The number of carbonyl (C=O) groups is 1. The molecule has 0 aliphatic rings. The summed E-state index contributed by atoms with van der Waals surface area (Å²) in [4.78, 5) is 11.6. The van der Waals surface area contributed by atoms with Crippen molar-refractivity contribution < 1.29 is 17.6 Å². The van der Waals surface area contributed by atoms with Crippen molar-refractivity contribution in [2.45, 2.75) is 11.8 Å². The van der Waals surface area contributed by atoms with Gasteiger partial charge in [0.2, 0.25) is 5.91 Å². The zero-order valence-corrected chi connectivity index (χ0v) is 13.3. The van der Waals surface area contributed by atoms with Crippen LogP contribution in [0.3, 0.4) is 0 Å². The number of primary amides is 1. The van der Waals surface area contributed by atoms with Gasteiger partial charge in [-0.1, -0.05) is 36.4 Å². The second-order valence-corrected chi connectivity index (χ2v) is 7.41. The van der Waals surface area contributed by atoms with Gasteiger partial charge >= 0.3 is 0 Å². The van der Waals surface area contributed by atoms with Crippen LogP contribution in [0.25, 0.3) is 0 Å². The Morgan fingerprint density at radius 2 is 1.87 bits per heavy atom. The molecule has 0 saturated heterocycles. The second kappa shape index (κ2) is 6.78. The van der Waals surface area contributed by atoms with Crippen molar-refractivity contribution in [1.29, 1.82) is 0 Å². The Balaban J connectivity index is 2.25. The standard InChI is InChI=1S/C16H17FN2O3S/c1-23(21,22)10-12-7-8-13(9-14(12)17)19-15(16(18)20)11-5-3-2-4-6-11/h2-9,15,19H,10H2,1H3,(H2,18,20)/t15-/m0/s1. The Kier molecular flexibility index (Phi) is 5.00. The zero-order valence-electron chi connectivity index (χ0n) is 12.5. The van der Waals surface area contributed by atoms with Crippen LogP contribution in [0, 0.1) is 5.82 Å². The maximum Gasteiger partial charge on any atom is 0.244 e. The normalized spacial score (nSPS) is 12.6. The first-order valence-electron chi connectivity index (χ1n) is 6.83. The molecule has 23 heavy (non-hydrogen) atoms. The molecule has 2 aromatic rings. The van der Waals surface area contributed by atoms with Gasteiger partial charge in [-0.2, -0.15) is 0 Å². The molecule has 7 heteroatoms. The van der Waals surface area contributed by atoms with Crippen LogP contribution in [-0.4, -0.2) is 20.6 Å². The van der Waals surface area contributed by atoms with Gasteiger partial charge in [-0.15, -0.1) is 0 Å². The van der Waals surface area contributed by atoms with Crippen LogP contribution in [-0.2, 0) is 20.4 Å². The Labute approximate surface area is 134 Å². The summed E-state index contributed by atoms with van der Waals surface area (Å²) in [5.74, 6) is -1.63. The first-order valence-corrected chi connectivity index (χ1v) is 8.89. The predicted molar refractivity (Wildman–Crippen MR) is 86.9 cm³/mol. The third kappa shape index (κ3) is 4.79. The van der Waals surface area contributed by atoms with Gasteiger partial charge in [-0.05, 0) is 17.7 Å². The lowest BCUT2D eigenvalue weighted by atomic mass is 10.1. The van der Waals surface area contributed by atoms with Gasteiger partial charge in [0, 0.05) is 17.5 Å². The molecule has 3 N–H and O–H groups in total. The number of rotatable bonds is 6. The highest BCUT2D eigenvalue weighted by atomic mass is 32.2. The summed E-state index contributed by atoms with van der Waals surface area (Å²) < 4.78 is 36.5. The number of anilines is 1. The van der Waals surface area contributed by atoms with Crippen LogP contribution in [0.15, 0.2) is 48.5 Å². The van der Waals surface area contributed by atoms with Gasteiger partial charge in [-0.3, -0.25) is 4.79 Å². The molecule has 0 aromatic heterocycles. The van der Waals surface area contributed by atoms with Crippen LogP contribution in [0.5, 0.6) is 0 Å². The number of hydrogen-bond donors (Lipinski definition) is 2. The van der Waals surface area contributed by atoms with Crippen molar-refractivity contribution in [3.63, 3.8) is 0 Å². The number of benzene rings is 2. The average molecular weight is 336 g/mol. The lowest BCUT2D eigenvalue weighted by Crippen LogP contribution is -2.27. The summed E-state index contributed by atoms with van der Waals surface area (Å²) >= 11 is 0. The van der Waals surface area contributed by atoms with Gasteiger partial charge in [-0.25, -0.2) is 12.8 Å². The third-order valence-electron chi connectivity index (χ3n) is 3.20.